The number of aromatic amines is 1. The first-order valence-electron chi connectivity index (χ1n) is 11.2. The first-order chi connectivity index (χ1) is 15.5. The fourth-order valence-corrected chi connectivity index (χ4v) is 4.13. The molecule has 1 aliphatic rings. The highest BCUT2D eigenvalue weighted by atomic mass is 16.5. The molecule has 0 atom stereocenters. The largest absolute Gasteiger partial charge is 0.383 e. The molecule has 3 aromatic rings. The van der Waals surface area contributed by atoms with Gasteiger partial charge in [-0.25, -0.2) is 0 Å². The van der Waals surface area contributed by atoms with Gasteiger partial charge in [0, 0.05) is 61.7 Å². The molecule has 0 saturated heterocycles. The monoisotopic (exact) mass is 437 g/mol. The molecule has 2 amide bonds. The number of aromatic nitrogens is 3. The molecule has 170 valence electrons. The Bertz CT molecular complexity index is 1110. The Morgan fingerprint density at radius 1 is 1.28 bits per heavy atom. The molecule has 2 N–H and O–H groups in total. The summed E-state index contributed by atoms with van der Waals surface area (Å²) in [5.74, 6) is 0.287. The minimum atomic E-state index is -0.219. The minimum Gasteiger partial charge on any atom is -0.383 e. The van der Waals surface area contributed by atoms with Crippen LogP contribution in [-0.4, -0.2) is 58.3 Å². The highest BCUT2D eigenvalue weighted by molar-refractivity contribution is 5.98. The molecule has 0 unspecified atom stereocenters. The second-order valence-electron chi connectivity index (χ2n) is 8.68. The van der Waals surface area contributed by atoms with Crippen LogP contribution in [0.25, 0.3) is 10.9 Å². The van der Waals surface area contributed by atoms with E-state index in [0.717, 1.165) is 35.1 Å². The average Bonchev–Trinajstić information content (AvgIpc) is 3.40. The van der Waals surface area contributed by atoms with Gasteiger partial charge in [-0.05, 0) is 35.9 Å². The Labute approximate surface area is 187 Å². The highest BCUT2D eigenvalue weighted by Crippen LogP contribution is 2.25. The van der Waals surface area contributed by atoms with Crippen molar-refractivity contribution in [2.75, 3.05) is 26.8 Å². The summed E-state index contributed by atoms with van der Waals surface area (Å²) in [4.78, 5) is 31.1. The summed E-state index contributed by atoms with van der Waals surface area (Å²) in [6.45, 7) is 6.96. The molecular weight excluding hydrogens is 406 g/mol. The molecule has 8 nitrogen and oxygen atoms in total. The molecule has 8 heteroatoms. The molecule has 0 fully saturated rings. The maximum absolute atomic E-state index is 13.3. The third-order valence-electron chi connectivity index (χ3n) is 5.95. The Morgan fingerprint density at radius 2 is 2.12 bits per heavy atom. The van der Waals surface area contributed by atoms with Crippen molar-refractivity contribution in [3.8, 4) is 0 Å². The molecule has 1 aliphatic heterocycles. The zero-order chi connectivity index (χ0) is 22.7. The van der Waals surface area contributed by atoms with Crippen molar-refractivity contribution in [3.05, 3.63) is 53.0 Å². The molecule has 0 saturated carbocycles. The zero-order valence-electron chi connectivity index (χ0n) is 19.0. The standard InChI is InChI=1S/C24H31N5O3/c1-16(2)7-12-29-21-8-11-28(15-19(21)22(27-29)23(30)26-10-13-32-3)24(31)18-5-4-17-6-9-25-20(17)14-18/h4-6,9,14,16,25H,7-8,10-13,15H2,1-3H3,(H,26,30). The van der Waals surface area contributed by atoms with Crippen LogP contribution in [0.2, 0.25) is 0 Å². The van der Waals surface area contributed by atoms with Gasteiger partial charge in [-0.3, -0.25) is 14.3 Å². The number of benzene rings is 1. The third-order valence-corrected chi connectivity index (χ3v) is 5.95. The Balaban J connectivity index is 1.59. The van der Waals surface area contributed by atoms with Gasteiger partial charge in [0.25, 0.3) is 11.8 Å². The van der Waals surface area contributed by atoms with Gasteiger partial charge in [0.15, 0.2) is 5.69 Å². The molecule has 32 heavy (non-hydrogen) atoms. The van der Waals surface area contributed by atoms with Crippen LogP contribution in [0.3, 0.4) is 0 Å². The second-order valence-corrected chi connectivity index (χ2v) is 8.68. The van der Waals surface area contributed by atoms with Crippen LogP contribution < -0.4 is 5.32 Å². The summed E-state index contributed by atoms with van der Waals surface area (Å²) >= 11 is 0. The van der Waals surface area contributed by atoms with E-state index >= 15 is 0 Å². The predicted molar refractivity (Wildman–Crippen MR) is 123 cm³/mol. The van der Waals surface area contributed by atoms with Crippen molar-refractivity contribution < 1.29 is 14.3 Å². The van der Waals surface area contributed by atoms with E-state index < -0.39 is 0 Å². The number of carbonyl (C=O) groups is 2. The van der Waals surface area contributed by atoms with E-state index in [1.807, 2.05) is 40.0 Å². The Hall–Kier alpha value is -3.13. The zero-order valence-corrected chi connectivity index (χ0v) is 19.0. The lowest BCUT2D eigenvalue weighted by atomic mass is 10.0. The van der Waals surface area contributed by atoms with E-state index in [1.165, 1.54) is 0 Å². The quantitative estimate of drug-likeness (QED) is 0.530. The summed E-state index contributed by atoms with van der Waals surface area (Å²) in [6.07, 6.45) is 3.53. The number of rotatable bonds is 8. The molecule has 3 heterocycles. The molecule has 0 bridgehead atoms. The lowest BCUT2D eigenvalue weighted by Gasteiger charge is -2.28. The van der Waals surface area contributed by atoms with Crippen molar-refractivity contribution in [1.82, 2.24) is 25.0 Å². The number of nitrogens with zero attached hydrogens (tertiary/aromatic N) is 3. The van der Waals surface area contributed by atoms with E-state index in [1.54, 1.807) is 7.11 Å². The highest BCUT2D eigenvalue weighted by Gasteiger charge is 2.30. The fourth-order valence-electron chi connectivity index (χ4n) is 4.13. The van der Waals surface area contributed by atoms with Crippen LogP contribution in [0.15, 0.2) is 30.5 Å². The van der Waals surface area contributed by atoms with Crippen LogP contribution in [0.4, 0.5) is 0 Å². The van der Waals surface area contributed by atoms with Crippen LogP contribution in [0, 0.1) is 5.92 Å². The lowest BCUT2D eigenvalue weighted by Crippen LogP contribution is -2.37. The van der Waals surface area contributed by atoms with Crippen LogP contribution >= 0.6 is 0 Å². The third kappa shape index (κ3) is 4.55. The first-order valence-corrected chi connectivity index (χ1v) is 11.2. The van der Waals surface area contributed by atoms with Crippen molar-refractivity contribution in [3.63, 3.8) is 0 Å². The number of methoxy groups -OCH3 is 1. The summed E-state index contributed by atoms with van der Waals surface area (Å²) in [6, 6.07) is 7.68. The number of hydrogen-bond donors (Lipinski definition) is 2. The SMILES string of the molecule is COCCNC(=O)c1nn(CCC(C)C)c2c1CN(C(=O)c1ccc3cc[nH]c3c1)CC2. The Kier molecular flexibility index (Phi) is 6.60. The van der Waals surface area contributed by atoms with E-state index in [4.69, 9.17) is 4.74 Å². The summed E-state index contributed by atoms with van der Waals surface area (Å²) in [5, 5.41) is 8.61. The molecule has 2 aromatic heterocycles. The van der Waals surface area contributed by atoms with Gasteiger partial charge >= 0.3 is 0 Å². The first kappa shape index (κ1) is 22.1. The number of aryl methyl sites for hydroxylation is 1. The number of fused-ring (bicyclic) bond motifs is 2. The van der Waals surface area contributed by atoms with Gasteiger partial charge in [0.2, 0.25) is 0 Å². The fraction of sp³-hybridized carbons (Fsp3) is 0.458. The molecule has 1 aromatic carbocycles. The number of nitrogens with one attached hydrogen (secondary N) is 2. The maximum atomic E-state index is 13.3. The van der Waals surface area contributed by atoms with Gasteiger partial charge in [0.1, 0.15) is 0 Å². The predicted octanol–water partition coefficient (Wildman–Crippen LogP) is 2.99. The second kappa shape index (κ2) is 9.56. The molecule has 0 aliphatic carbocycles. The summed E-state index contributed by atoms with van der Waals surface area (Å²) in [7, 11) is 1.60. The van der Waals surface area contributed by atoms with E-state index in [0.29, 0.717) is 49.8 Å². The van der Waals surface area contributed by atoms with Crippen LogP contribution in [-0.2, 0) is 24.2 Å². The lowest BCUT2D eigenvalue weighted by molar-refractivity contribution is 0.0730. The topological polar surface area (TPSA) is 92.2 Å². The Morgan fingerprint density at radius 3 is 2.91 bits per heavy atom. The minimum absolute atomic E-state index is 0.0344. The summed E-state index contributed by atoms with van der Waals surface area (Å²) < 4.78 is 7.00. The number of amides is 2. The van der Waals surface area contributed by atoms with Gasteiger partial charge in [-0.1, -0.05) is 19.9 Å². The van der Waals surface area contributed by atoms with Crippen LogP contribution in [0.1, 0.15) is 52.4 Å². The van der Waals surface area contributed by atoms with Crippen molar-refractivity contribution >= 4 is 22.7 Å². The van der Waals surface area contributed by atoms with Crippen molar-refractivity contribution in [1.29, 1.82) is 0 Å². The van der Waals surface area contributed by atoms with Crippen LogP contribution in [0.5, 0.6) is 0 Å². The average molecular weight is 438 g/mol. The maximum Gasteiger partial charge on any atom is 0.272 e. The number of H-pyrrole nitrogens is 1. The van der Waals surface area contributed by atoms with Crippen molar-refractivity contribution in [2.45, 2.75) is 39.8 Å². The summed E-state index contributed by atoms with van der Waals surface area (Å²) in [5.41, 5.74) is 3.91. The molecule has 0 spiro atoms. The molecule has 0 radical (unpaired) electrons. The van der Waals surface area contributed by atoms with E-state index in [2.05, 4.69) is 29.2 Å². The van der Waals surface area contributed by atoms with E-state index in [9.17, 15) is 9.59 Å². The smallest absolute Gasteiger partial charge is 0.272 e. The van der Waals surface area contributed by atoms with Gasteiger partial charge in [0.05, 0.1) is 13.2 Å². The normalized spacial score (nSPS) is 13.6. The van der Waals surface area contributed by atoms with Gasteiger partial charge in [-0.15, -0.1) is 0 Å². The van der Waals surface area contributed by atoms with Gasteiger partial charge < -0.3 is 19.9 Å². The number of ether oxygens (including phenoxy) is 1. The van der Waals surface area contributed by atoms with E-state index in [-0.39, 0.29) is 11.8 Å². The van der Waals surface area contributed by atoms with Crippen molar-refractivity contribution in [2.24, 2.45) is 5.92 Å². The molecule has 4 rings (SSSR count). The number of hydrogen-bond acceptors (Lipinski definition) is 4. The van der Waals surface area contributed by atoms with Gasteiger partial charge in [-0.2, -0.15) is 5.10 Å². The molecular formula is C24H31N5O3. The number of carbonyl (C=O) groups excluding carboxylic acids is 2.